The number of thiazole rings is 1. The van der Waals surface area contributed by atoms with Crippen molar-refractivity contribution in [2.24, 2.45) is 0 Å². The lowest BCUT2D eigenvalue weighted by Crippen LogP contribution is -2.25. The summed E-state index contributed by atoms with van der Waals surface area (Å²) < 4.78 is 58.1. The van der Waals surface area contributed by atoms with Gasteiger partial charge in [0.2, 0.25) is 16.6 Å². The van der Waals surface area contributed by atoms with Gasteiger partial charge in [0, 0.05) is 48.8 Å². The Bertz CT molecular complexity index is 6690. The molecule has 0 radical (unpaired) electrons. The molecule has 3 aliphatic rings. The molecule has 630 valence electrons. The van der Waals surface area contributed by atoms with Crippen molar-refractivity contribution in [1.29, 1.82) is 0 Å². The Kier molecular flexibility index (Phi) is 30.6. The van der Waals surface area contributed by atoms with Crippen LogP contribution >= 0.6 is 34.0 Å². The molecule has 24 rings (SSSR count). The van der Waals surface area contributed by atoms with Crippen LogP contribution < -0.4 is 18.9 Å². The molecule has 3 aliphatic heterocycles. The molecule has 1 atom stereocenters. The molecule has 0 bridgehead atoms. The second kappa shape index (κ2) is 43.1. The largest absolute Gasteiger partial charge is 0.486 e. The minimum atomic E-state index is -3.12. The van der Waals surface area contributed by atoms with Gasteiger partial charge in [-0.15, -0.1) is 34.0 Å². The fourth-order valence-electron chi connectivity index (χ4n) is 12.9. The lowest BCUT2D eigenvalue weighted by molar-refractivity contribution is 0.104. The number of aryl methyl sites for hydroxylation is 10. The van der Waals surface area contributed by atoms with E-state index in [9.17, 15) is 8.42 Å². The number of para-hydroxylation sites is 8. The summed E-state index contributed by atoms with van der Waals surface area (Å²) in [4.78, 5) is 26.7. The van der Waals surface area contributed by atoms with Crippen LogP contribution in [0.2, 0.25) is 0 Å². The number of sulfone groups is 1. The van der Waals surface area contributed by atoms with Crippen LogP contribution in [0.3, 0.4) is 0 Å². The summed E-state index contributed by atoms with van der Waals surface area (Å²) in [5.74, 6) is 5.12. The number of pyridine rings is 2. The van der Waals surface area contributed by atoms with Crippen molar-refractivity contribution >= 4 is 146 Å². The molecular weight excluding hydrogens is 1640 g/mol. The minimum Gasteiger partial charge on any atom is -0.486 e. The first kappa shape index (κ1) is 88.7. The van der Waals surface area contributed by atoms with E-state index in [0.717, 1.165) is 112 Å². The molecule has 0 aliphatic carbocycles. The Labute approximate surface area is 738 Å². The zero-order chi connectivity index (χ0) is 87.6. The maximum Gasteiger partial charge on any atom is 0.231 e. The van der Waals surface area contributed by atoms with Gasteiger partial charge >= 0.3 is 0 Å². The first-order valence-corrected chi connectivity index (χ1v) is 44.4. The van der Waals surface area contributed by atoms with E-state index in [2.05, 4.69) is 177 Å². The molecule has 2 N–H and O–H groups in total. The highest BCUT2D eigenvalue weighted by molar-refractivity contribution is 7.95. The standard InChI is InChI=1S/2C10H9N.C9H8O2S.C9H10O2.2C9H8S.C8H8N2.C8H7NO.C8H7NS.C8H8O2.C7H7N3.C7H6N2O/c1-8-4-5-10-9(7-8)3-2-6-11-10;1-8-6-7-9-4-2-3-5-10(9)11-8;1-7-6-8-4-2-3-5-9(8)12(7,10)11;1-7-6-10-8-4-2-3-5-9(8)11-7;1-7-6-10-9-5-3-2-4-8(7)9;1-7-6-8-4-2-3-5-9(8)10-7;3*1-6-9-7-4-2-3-5-8(7)10-6;1-6-2-3-7-8(4-6)10-5-9-7;2*1-5-2-3-6-7(4-5)9-10-8-6/h2*2-7H,1H3;2-6H,1H3;2-5,7H,6H2,1H3;2*2-6H,1H3;2-5H,1H3,(H,9,10);2*2-5H,1H3;2-4H,5H2,1H3;2-4H,1H3,(H,8,9,10);2-4H,1H3/t;;;7-;;;;;;;;/m...1......../s1. The van der Waals surface area contributed by atoms with Crippen LogP contribution in [0.15, 0.2) is 328 Å². The normalized spacial score (nSPS) is 12.4. The van der Waals surface area contributed by atoms with E-state index in [1.54, 1.807) is 36.5 Å². The molecule has 12 aromatic carbocycles. The van der Waals surface area contributed by atoms with Gasteiger partial charge in [-0.25, -0.2) is 28.0 Å². The number of aromatic amines is 2. The molecular formula is C102H95N11O8S4. The van der Waals surface area contributed by atoms with Crippen LogP contribution in [0, 0.1) is 69.2 Å². The molecule has 0 amide bonds. The predicted molar refractivity (Wildman–Crippen MR) is 512 cm³/mol. The summed E-state index contributed by atoms with van der Waals surface area (Å²) in [5.41, 5.74) is 18.8. The molecule has 0 saturated heterocycles. The van der Waals surface area contributed by atoms with Crippen molar-refractivity contribution in [2.45, 2.75) is 94.1 Å². The highest BCUT2D eigenvalue weighted by atomic mass is 32.2. The summed E-state index contributed by atoms with van der Waals surface area (Å²) >= 11 is 5.41. The van der Waals surface area contributed by atoms with Crippen molar-refractivity contribution < 1.29 is 36.4 Å². The SMILES string of the molecule is CC1=Cc2ccccc2S1(=O)=O.C[C@@H]1COc2ccccc2O1.Cc1cc2ccccc2s1.Cc1ccc2c(c1)OCO2.Cc1ccc2ccccc2n1.Cc1ccc2n[nH]nc2c1.Cc1ccc2ncccc2c1.Cc1ccc2nonc2c1.Cc1csc2ccccc12.Cc1nc2ccccc2[nH]1.Cc1nc2ccccc2o1.Cc1nc2ccccc2s1. The van der Waals surface area contributed by atoms with Crippen molar-refractivity contribution in [2.75, 3.05) is 13.4 Å². The summed E-state index contributed by atoms with van der Waals surface area (Å²) in [7, 11) is -3.12. The van der Waals surface area contributed by atoms with Crippen molar-refractivity contribution in [3.05, 3.63) is 374 Å². The number of hydrogen-bond donors (Lipinski definition) is 2. The third kappa shape index (κ3) is 25.1. The van der Waals surface area contributed by atoms with E-state index >= 15 is 0 Å². The molecule has 9 aromatic heterocycles. The Morgan fingerprint density at radius 3 is 1.78 bits per heavy atom. The number of nitrogens with one attached hydrogen (secondary N) is 2. The van der Waals surface area contributed by atoms with Crippen LogP contribution in [-0.4, -0.2) is 83.5 Å². The quantitative estimate of drug-likeness (QED) is 0.143. The number of imidazole rings is 1. The highest BCUT2D eigenvalue weighted by Gasteiger charge is 2.25. The monoisotopic (exact) mass is 1730 g/mol. The summed E-state index contributed by atoms with van der Waals surface area (Å²) in [6.07, 6.45) is 3.69. The van der Waals surface area contributed by atoms with Gasteiger partial charge in [-0.2, -0.15) is 15.4 Å². The minimum absolute atomic E-state index is 0.171. The van der Waals surface area contributed by atoms with E-state index in [1.807, 2.05) is 278 Å². The summed E-state index contributed by atoms with van der Waals surface area (Å²) in [6, 6.07) is 98.1. The van der Waals surface area contributed by atoms with E-state index in [4.69, 9.17) is 23.4 Å². The number of rotatable bonds is 0. The molecule has 0 unspecified atom stereocenters. The number of H-pyrrole nitrogens is 2. The lowest BCUT2D eigenvalue weighted by atomic mass is 10.1. The topological polar surface area (TPSA) is 245 Å². The van der Waals surface area contributed by atoms with E-state index < -0.39 is 9.84 Å². The Balaban J connectivity index is 0.000000117. The van der Waals surface area contributed by atoms with Crippen LogP contribution in [0.25, 0.3) is 102 Å². The number of fused-ring (bicyclic) bond motifs is 12. The first-order chi connectivity index (χ1) is 60.6. The second-order valence-electron chi connectivity index (χ2n) is 29.3. The number of hydrogen-bond acceptors (Lipinski definition) is 20. The van der Waals surface area contributed by atoms with Crippen molar-refractivity contribution in [3.63, 3.8) is 0 Å². The summed E-state index contributed by atoms with van der Waals surface area (Å²) in [5, 5.41) is 26.3. The maximum absolute atomic E-state index is 11.5. The van der Waals surface area contributed by atoms with Crippen LogP contribution in [0.1, 0.15) is 74.5 Å². The highest BCUT2D eigenvalue weighted by Crippen LogP contribution is 2.35. The molecule has 0 fully saturated rings. The molecule has 23 heteroatoms. The first-order valence-electron chi connectivity index (χ1n) is 40.4. The van der Waals surface area contributed by atoms with Gasteiger partial charge in [-0.05, 0) is 276 Å². The van der Waals surface area contributed by atoms with E-state index in [-0.39, 0.29) is 6.10 Å². The zero-order valence-corrected chi connectivity index (χ0v) is 74.7. The van der Waals surface area contributed by atoms with Crippen LogP contribution in [0.5, 0.6) is 23.0 Å². The fourth-order valence-corrected chi connectivity index (χ4v) is 16.9. The Morgan fingerprint density at radius 2 is 1.02 bits per heavy atom. The number of oxazole rings is 1. The second-order valence-corrected chi connectivity index (χ2v) is 34.8. The molecule has 12 heterocycles. The van der Waals surface area contributed by atoms with Gasteiger partial charge in [0.15, 0.2) is 34.5 Å². The number of benzene rings is 12. The smallest absolute Gasteiger partial charge is 0.231 e. The van der Waals surface area contributed by atoms with Gasteiger partial charge < -0.3 is 28.3 Å². The van der Waals surface area contributed by atoms with Gasteiger partial charge in [-0.3, -0.25) is 9.97 Å². The molecule has 0 saturated carbocycles. The number of nitrogens with zero attached hydrogens (tertiary/aromatic N) is 9. The molecule has 19 nitrogen and oxygen atoms in total. The predicted octanol–water partition coefficient (Wildman–Crippen LogP) is 26.3. The van der Waals surface area contributed by atoms with Crippen LogP contribution in [0.4, 0.5) is 0 Å². The third-order valence-electron chi connectivity index (χ3n) is 19.1. The van der Waals surface area contributed by atoms with Crippen molar-refractivity contribution in [3.8, 4) is 23.0 Å². The molecule has 125 heavy (non-hydrogen) atoms. The average molecular weight is 1730 g/mol. The number of thiophene rings is 2. The number of allylic oxidation sites excluding steroid dienone is 1. The van der Waals surface area contributed by atoms with Gasteiger partial charge in [0.1, 0.15) is 46.1 Å². The molecule has 0 spiro atoms. The number of ether oxygens (including phenoxy) is 4. The summed E-state index contributed by atoms with van der Waals surface area (Å²) in [6.45, 7) is 24.9. The van der Waals surface area contributed by atoms with Gasteiger partial charge in [-0.1, -0.05) is 163 Å². The zero-order valence-electron chi connectivity index (χ0n) is 71.4. The van der Waals surface area contributed by atoms with Gasteiger partial charge in [0.05, 0.1) is 42.2 Å². The Hall–Kier alpha value is -14.1. The fraction of sp³-hybridized carbons (Fsp3) is 0.147. The van der Waals surface area contributed by atoms with Crippen molar-refractivity contribution in [1.82, 2.24) is 55.6 Å². The van der Waals surface area contributed by atoms with Gasteiger partial charge in [0.25, 0.3) is 0 Å². The van der Waals surface area contributed by atoms with E-state index in [1.165, 1.54) is 68.3 Å². The Morgan fingerprint density at radius 1 is 0.424 bits per heavy atom. The third-order valence-corrected chi connectivity index (χ3v) is 24.1. The molecule has 21 aromatic rings. The van der Waals surface area contributed by atoms with E-state index in [0.29, 0.717) is 23.2 Å². The lowest BCUT2D eigenvalue weighted by Gasteiger charge is -2.23. The average Bonchev–Trinajstić information content (AvgIpc) is 1.63. The van der Waals surface area contributed by atoms with Crippen LogP contribution in [-0.2, 0) is 9.84 Å². The number of aromatic nitrogens is 11. The maximum atomic E-state index is 11.5.